The summed E-state index contributed by atoms with van der Waals surface area (Å²) >= 11 is 0. The first kappa shape index (κ1) is 20.5. The second-order valence-electron chi connectivity index (χ2n) is 7.69. The Morgan fingerprint density at radius 3 is 2.19 bits per heavy atom. The standard InChI is InChI=1S/C25H26N4O2/c1-18-9-11-19(12-10-18)24(30)26-21-13-14-23(29-15-5-6-16-29)22(17-21)28-25(31)27-20-7-3-2-4-8-20/h2-4,7-14,17H,5-6,15-16H2,1H3,(H,26,30)(H2,27,28,31). The van der Waals surface area contributed by atoms with E-state index in [0.717, 1.165) is 37.2 Å². The number of hydrogen-bond donors (Lipinski definition) is 3. The van der Waals surface area contributed by atoms with Crippen molar-refractivity contribution in [1.29, 1.82) is 0 Å². The van der Waals surface area contributed by atoms with E-state index in [0.29, 0.717) is 22.6 Å². The molecule has 0 saturated carbocycles. The van der Waals surface area contributed by atoms with E-state index in [4.69, 9.17) is 0 Å². The topological polar surface area (TPSA) is 73.5 Å². The molecule has 0 aromatic heterocycles. The predicted octanol–water partition coefficient (Wildman–Crippen LogP) is 5.49. The van der Waals surface area contributed by atoms with Crippen LogP contribution in [-0.4, -0.2) is 25.0 Å². The van der Waals surface area contributed by atoms with Gasteiger partial charge in [0.25, 0.3) is 5.91 Å². The van der Waals surface area contributed by atoms with Crippen molar-refractivity contribution >= 4 is 34.7 Å². The maximum absolute atomic E-state index is 12.6. The SMILES string of the molecule is Cc1ccc(C(=O)Nc2ccc(N3CCCC3)c(NC(=O)Nc3ccccc3)c2)cc1. The number of urea groups is 1. The predicted molar refractivity (Wildman–Crippen MR) is 126 cm³/mol. The Morgan fingerprint density at radius 2 is 1.48 bits per heavy atom. The third kappa shape index (κ3) is 5.22. The van der Waals surface area contributed by atoms with Crippen LogP contribution < -0.4 is 20.9 Å². The van der Waals surface area contributed by atoms with Gasteiger partial charge < -0.3 is 20.9 Å². The minimum absolute atomic E-state index is 0.186. The van der Waals surface area contributed by atoms with E-state index in [2.05, 4.69) is 20.9 Å². The van der Waals surface area contributed by atoms with Crippen LogP contribution >= 0.6 is 0 Å². The maximum atomic E-state index is 12.6. The molecule has 3 amide bonds. The average molecular weight is 415 g/mol. The highest BCUT2D eigenvalue weighted by Gasteiger charge is 2.18. The van der Waals surface area contributed by atoms with Crippen molar-refractivity contribution in [3.63, 3.8) is 0 Å². The van der Waals surface area contributed by atoms with Crippen molar-refractivity contribution in [2.45, 2.75) is 19.8 Å². The van der Waals surface area contributed by atoms with Gasteiger partial charge in [-0.3, -0.25) is 4.79 Å². The molecule has 6 nitrogen and oxygen atoms in total. The van der Waals surface area contributed by atoms with E-state index in [1.165, 1.54) is 0 Å². The Hall–Kier alpha value is -3.80. The molecular formula is C25H26N4O2. The van der Waals surface area contributed by atoms with Crippen LogP contribution in [0.3, 0.4) is 0 Å². The lowest BCUT2D eigenvalue weighted by Gasteiger charge is -2.22. The van der Waals surface area contributed by atoms with Gasteiger partial charge in [0.05, 0.1) is 11.4 Å². The van der Waals surface area contributed by atoms with Crippen LogP contribution in [0.25, 0.3) is 0 Å². The zero-order valence-electron chi connectivity index (χ0n) is 17.5. The Labute approximate surface area is 182 Å². The van der Waals surface area contributed by atoms with Crippen LogP contribution in [-0.2, 0) is 0 Å². The van der Waals surface area contributed by atoms with Crippen molar-refractivity contribution < 1.29 is 9.59 Å². The molecule has 4 rings (SSSR count). The number of carbonyl (C=O) groups excluding carboxylic acids is 2. The molecule has 0 spiro atoms. The average Bonchev–Trinajstić information content (AvgIpc) is 3.29. The summed E-state index contributed by atoms with van der Waals surface area (Å²) in [6.07, 6.45) is 2.25. The molecule has 3 aromatic rings. The second-order valence-corrected chi connectivity index (χ2v) is 7.69. The molecule has 1 saturated heterocycles. The van der Waals surface area contributed by atoms with E-state index in [-0.39, 0.29) is 11.9 Å². The summed E-state index contributed by atoms with van der Waals surface area (Å²) in [4.78, 5) is 27.5. The lowest BCUT2D eigenvalue weighted by molar-refractivity contribution is 0.102. The molecule has 31 heavy (non-hydrogen) atoms. The van der Waals surface area contributed by atoms with Gasteiger partial charge in [-0.25, -0.2) is 4.79 Å². The molecule has 0 atom stereocenters. The number of hydrogen-bond acceptors (Lipinski definition) is 3. The maximum Gasteiger partial charge on any atom is 0.323 e. The number of carbonyl (C=O) groups is 2. The molecule has 1 fully saturated rings. The number of aryl methyl sites for hydroxylation is 1. The van der Waals surface area contributed by atoms with Gasteiger partial charge in [0, 0.05) is 30.0 Å². The van der Waals surface area contributed by atoms with Crippen molar-refractivity contribution in [3.8, 4) is 0 Å². The summed E-state index contributed by atoms with van der Waals surface area (Å²) in [7, 11) is 0. The van der Waals surface area contributed by atoms with Gasteiger partial charge in [-0.2, -0.15) is 0 Å². The summed E-state index contributed by atoms with van der Waals surface area (Å²) in [5.74, 6) is -0.186. The molecular weight excluding hydrogens is 388 g/mol. The monoisotopic (exact) mass is 414 g/mol. The van der Waals surface area contributed by atoms with E-state index >= 15 is 0 Å². The van der Waals surface area contributed by atoms with Gasteiger partial charge in [-0.1, -0.05) is 35.9 Å². The van der Waals surface area contributed by atoms with Crippen molar-refractivity contribution in [1.82, 2.24) is 0 Å². The molecule has 1 heterocycles. The number of rotatable bonds is 5. The Balaban J connectivity index is 1.54. The van der Waals surface area contributed by atoms with Gasteiger partial charge >= 0.3 is 6.03 Å². The van der Waals surface area contributed by atoms with E-state index < -0.39 is 0 Å². The highest BCUT2D eigenvalue weighted by Crippen LogP contribution is 2.32. The largest absolute Gasteiger partial charge is 0.370 e. The summed E-state index contributed by atoms with van der Waals surface area (Å²) < 4.78 is 0. The van der Waals surface area contributed by atoms with Gasteiger partial charge in [0.1, 0.15) is 0 Å². The van der Waals surface area contributed by atoms with Gasteiger partial charge in [0.15, 0.2) is 0 Å². The number of nitrogens with zero attached hydrogens (tertiary/aromatic N) is 1. The van der Waals surface area contributed by atoms with Gasteiger partial charge in [0.2, 0.25) is 0 Å². The molecule has 1 aliphatic heterocycles. The molecule has 0 radical (unpaired) electrons. The fourth-order valence-electron chi connectivity index (χ4n) is 3.66. The van der Waals surface area contributed by atoms with Crippen molar-refractivity contribution in [2.75, 3.05) is 33.9 Å². The lowest BCUT2D eigenvalue weighted by atomic mass is 10.1. The van der Waals surface area contributed by atoms with Gasteiger partial charge in [-0.15, -0.1) is 0 Å². The van der Waals surface area contributed by atoms with Crippen LogP contribution in [0.5, 0.6) is 0 Å². The first-order valence-electron chi connectivity index (χ1n) is 10.5. The zero-order valence-corrected chi connectivity index (χ0v) is 17.5. The molecule has 3 aromatic carbocycles. The Kier molecular flexibility index (Phi) is 6.17. The minimum atomic E-state index is -0.325. The first-order chi connectivity index (χ1) is 15.1. The smallest absolute Gasteiger partial charge is 0.323 e. The highest BCUT2D eigenvalue weighted by molar-refractivity contribution is 6.06. The molecule has 6 heteroatoms. The van der Waals surface area contributed by atoms with Crippen LogP contribution in [0.1, 0.15) is 28.8 Å². The summed E-state index contributed by atoms with van der Waals surface area (Å²) in [5.41, 5.74) is 4.65. The summed E-state index contributed by atoms with van der Waals surface area (Å²) in [5, 5.41) is 8.73. The highest BCUT2D eigenvalue weighted by atomic mass is 16.2. The number of anilines is 4. The zero-order chi connectivity index (χ0) is 21.6. The first-order valence-corrected chi connectivity index (χ1v) is 10.5. The van der Waals surface area contributed by atoms with Crippen LogP contribution in [0.4, 0.5) is 27.5 Å². The third-order valence-corrected chi connectivity index (χ3v) is 5.29. The summed E-state index contributed by atoms with van der Waals surface area (Å²) in [6.45, 7) is 3.88. The minimum Gasteiger partial charge on any atom is -0.370 e. The van der Waals surface area contributed by atoms with Crippen LogP contribution in [0, 0.1) is 6.92 Å². The quantitative estimate of drug-likeness (QED) is 0.517. The molecule has 1 aliphatic rings. The molecule has 3 N–H and O–H groups in total. The van der Waals surface area contributed by atoms with Crippen LogP contribution in [0.15, 0.2) is 72.8 Å². The van der Waals surface area contributed by atoms with E-state index in [1.54, 1.807) is 12.1 Å². The molecule has 0 bridgehead atoms. The fraction of sp³-hybridized carbons (Fsp3) is 0.200. The van der Waals surface area contributed by atoms with Crippen LogP contribution in [0.2, 0.25) is 0 Å². The fourth-order valence-corrected chi connectivity index (χ4v) is 3.66. The lowest BCUT2D eigenvalue weighted by Crippen LogP contribution is -2.24. The van der Waals surface area contributed by atoms with Crippen molar-refractivity contribution in [3.05, 3.63) is 83.9 Å². The third-order valence-electron chi connectivity index (χ3n) is 5.29. The molecule has 0 unspecified atom stereocenters. The number of amides is 3. The van der Waals surface area contributed by atoms with Gasteiger partial charge in [-0.05, 0) is 62.2 Å². The number of para-hydroxylation sites is 1. The van der Waals surface area contributed by atoms with Crippen molar-refractivity contribution in [2.24, 2.45) is 0 Å². The Morgan fingerprint density at radius 1 is 0.774 bits per heavy atom. The molecule has 0 aliphatic carbocycles. The molecule has 158 valence electrons. The second kappa shape index (κ2) is 9.34. The van der Waals surface area contributed by atoms with E-state index in [1.807, 2.05) is 67.6 Å². The number of nitrogens with one attached hydrogen (secondary N) is 3. The number of benzene rings is 3. The summed E-state index contributed by atoms with van der Waals surface area (Å²) in [6, 6.07) is 22.0. The normalized spacial score (nSPS) is 13.0. The van der Waals surface area contributed by atoms with E-state index in [9.17, 15) is 9.59 Å². The Bertz CT molecular complexity index is 1060.